The number of hydrogen-bond acceptors (Lipinski definition) is 10. The topological polar surface area (TPSA) is 155 Å². The first kappa shape index (κ1) is 78.5. The molecule has 476 valence electrons. The molecule has 0 spiro atoms. The van der Waals surface area contributed by atoms with Gasteiger partial charge in [-0.2, -0.15) is 0 Å². The zero-order valence-electron chi connectivity index (χ0n) is 53.1. The molecule has 11 nitrogen and oxygen atoms in total. The Hall–Kier alpha value is -1.52. The van der Waals surface area contributed by atoms with Crippen LogP contribution in [0.4, 0.5) is 0 Å². The Morgan fingerprint density at radius 3 is 0.738 bits per heavy atom. The molecule has 0 rings (SSSR count). The van der Waals surface area contributed by atoms with Crippen molar-refractivity contribution in [3.8, 4) is 0 Å². The Labute approximate surface area is 494 Å². The smallest absolute Gasteiger partial charge is 0.462 e. The van der Waals surface area contributed by atoms with Gasteiger partial charge in [-0.25, -0.2) is 4.57 Å². The number of hydrogen-bond donors (Lipinski definition) is 2. The number of carbonyl (C=O) groups is 3. The maximum absolute atomic E-state index is 13.0. The number of esters is 3. The summed E-state index contributed by atoms with van der Waals surface area (Å²) in [5.74, 6) is -1.41. The maximum atomic E-state index is 13.0. The first-order valence-corrected chi connectivity index (χ1v) is 36.4. The molecule has 0 aromatic carbocycles. The Kier molecular flexibility index (Phi) is 62.3. The van der Waals surface area contributed by atoms with Gasteiger partial charge >= 0.3 is 25.7 Å². The van der Waals surface area contributed by atoms with Gasteiger partial charge in [-0.05, 0) is 19.3 Å². The van der Waals surface area contributed by atoms with Gasteiger partial charge < -0.3 is 24.2 Å². The van der Waals surface area contributed by atoms with Crippen molar-refractivity contribution < 1.29 is 52.2 Å². The number of rotatable bonds is 67. The van der Waals surface area contributed by atoms with E-state index in [0.717, 1.165) is 57.8 Å². The lowest BCUT2D eigenvalue weighted by molar-refractivity contribution is -0.161. The molecule has 12 heteroatoms. The van der Waals surface area contributed by atoms with Gasteiger partial charge in [0.25, 0.3) is 0 Å². The van der Waals surface area contributed by atoms with E-state index in [1.54, 1.807) is 0 Å². The minimum absolute atomic E-state index is 0.179. The predicted octanol–water partition coefficient (Wildman–Crippen LogP) is 21.4. The van der Waals surface area contributed by atoms with Crippen LogP contribution in [0, 0.1) is 0 Å². The van der Waals surface area contributed by atoms with Crippen molar-refractivity contribution in [3.63, 3.8) is 0 Å². The number of phosphoric acid groups is 1. The Bertz CT molecular complexity index is 1350. The largest absolute Gasteiger partial charge is 0.472 e. The number of carbonyl (C=O) groups excluding carboxylic acids is 3. The molecule has 0 saturated heterocycles. The molecule has 0 aliphatic heterocycles. The van der Waals surface area contributed by atoms with E-state index < -0.39 is 57.8 Å². The molecular weight excluding hydrogens is 1020 g/mol. The lowest BCUT2D eigenvalue weighted by Crippen LogP contribution is -2.30. The van der Waals surface area contributed by atoms with Crippen molar-refractivity contribution in [2.45, 2.75) is 393 Å². The molecule has 80 heavy (non-hydrogen) atoms. The fraction of sp³-hybridized carbons (Fsp3) is 0.956. The monoisotopic (exact) mass is 1160 g/mol. The fourth-order valence-electron chi connectivity index (χ4n) is 10.7. The zero-order chi connectivity index (χ0) is 58.3. The lowest BCUT2D eigenvalue weighted by atomic mass is 10.0. The van der Waals surface area contributed by atoms with E-state index in [9.17, 15) is 28.9 Å². The second-order valence-electron chi connectivity index (χ2n) is 24.1. The minimum Gasteiger partial charge on any atom is -0.462 e. The number of ether oxygens (including phenoxy) is 3. The van der Waals surface area contributed by atoms with Gasteiger partial charge in [0.05, 0.1) is 19.8 Å². The van der Waals surface area contributed by atoms with Gasteiger partial charge in [-0.15, -0.1) is 0 Å². The third kappa shape index (κ3) is 61.1. The quantitative estimate of drug-likeness (QED) is 0.0259. The van der Waals surface area contributed by atoms with Gasteiger partial charge in [0.2, 0.25) is 0 Å². The molecular formula is C68H133O11P. The van der Waals surface area contributed by atoms with Crippen LogP contribution in [0.3, 0.4) is 0 Å². The van der Waals surface area contributed by atoms with E-state index >= 15 is 0 Å². The third-order valence-corrected chi connectivity index (χ3v) is 17.0. The molecule has 0 fully saturated rings. The average Bonchev–Trinajstić information content (AvgIpc) is 3.45. The molecule has 0 amide bonds. The Morgan fingerprint density at radius 2 is 0.500 bits per heavy atom. The number of aliphatic hydroxyl groups is 1. The third-order valence-electron chi connectivity index (χ3n) is 16.0. The van der Waals surface area contributed by atoms with Crippen molar-refractivity contribution in [3.05, 3.63) is 0 Å². The van der Waals surface area contributed by atoms with E-state index in [4.69, 9.17) is 23.3 Å². The lowest BCUT2D eigenvalue weighted by Gasteiger charge is -2.21. The summed E-state index contributed by atoms with van der Waals surface area (Å²) < 4.78 is 39.8. The van der Waals surface area contributed by atoms with E-state index in [0.29, 0.717) is 19.3 Å². The minimum atomic E-state index is -4.74. The van der Waals surface area contributed by atoms with Crippen molar-refractivity contribution in [2.75, 3.05) is 26.4 Å². The molecule has 0 bridgehead atoms. The summed E-state index contributed by atoms with van der Waals surface area (Å²) in [6, 6.07) is 0. The molecule has 0 heterocycles. The highest BCUT2D eigenvalue weighted by Gasteiger charge is 2.28. The van der Waals surface area contributed by atoms with Crippen molar-refractivity contribution in [2.24, 2.45) is 0 Å². The molecule has 2 N–H and O–H groups in total. The SMILES string of the molecule is CCCCCCCCCCCCCCCCCCCCCC(=O)OC(CO)COP(=O)(O)OCC(COC(=O)CCCCCCCCCCCCCCCCC)OC(=O)CCCCCCCCCCCCCCCCCCCCC. The second kappa shape index (κ2) is 63.5. The van der Waals surface area contributed by atoms with Gasteiger partial charge in [0.15, 0.2) is 6.10 Å². The number of aliphatic hydroxyl groups excluding tert-OH is 1. The van der Waals surface area contributed by atoms with E-state index in [-0.39, 0.29) is 25.9 Å². The van der Waals surface area contributed by atoms with Crippen LogP contribution in [0.2, 0.25) is 0 Å². The van der Waals surface area contributed by atoms with E-state index in [1.807, 2.05) is 0 Å². The van der Waals surface area contributed by atoms with E-state index in [2.05, 4.69) is 20.8 Å². The predicted molar refractivity (Wildman–Crippen MR) is 335 cm³/mol. The molecule has 0 aromatic heterocycles. The highest BCUT2D eigenvalue weighted by atomic mass is 31.2. The molecule has 0 aliphatic rings. The molecule has 0 aromatic rings. The van der Waals surface area contributed by atoms with Crippen molar-refractivity contribution in [1.29, 1.82) is 0 Å². The molecule has 0 radical (unpaired) electrons. The van der Waals surface area contributed by atoms with Crippen LogP contribution >= 0.6 is 7.82 Å². The van der Waals surface area contributed by atoms with Crippen LogP contribution in [-0.4, -0.2) is 66.5 Å². The summed E-state index contributed by atoms with van der Waals surface area (Å²) in [6.07, 6.45) is 64.8. The summed E-state index contributed by atoms with van der Waals surface area (Å²) in [4.78, 5) is 48.9. The second-order valence-corrected chi connectivity index (χ2v) is 25.5. The number of unbranched alkanes of at least 4 members (excludes halogenated alkanes) is 50. The van der Waals surface area contributed by atoms with Gasteiger partial charge in [-0.1, -0.05) is 342 Å². The van der Waals surface area contributed by atoms with Crippen LogP contribution in [0.5, 0.6) is 0 Å². The van der Waals surface area contributed by atoms with Crippen LogP contribution < -0.4 is 0 Å². The van der Waals surface area contributed by atoms with Gasteiger partial charge in [0.1, 0.15) is 12.7 Å². The van der Waals surface area contributed by atoms with Crippen molar-refractivity contribution >= 4 is 25.7 Å². The van der Waals surface area contributed by atoms with Gasteiger partial charge in [-0.3, -0.25) is 23.4 Å². The normalized spacial score (nSPS) is 13.1. The van der Waals surface area contributed by atoms with Crippen LogP contribution in [0.15, 0.2) is 0 Å². The molecule has 0 aliphatic carbocycles. The summed E-state index contributed by atoms with van der Waals surface area (Å²) in [7, 11) is -4.74. The van der Waals surface area contributed by atoms with Crippen LogP contribution in [-0.2, 0) is 42.2 Å². The maximum Gasteiger partial charge on any atom is 0.472 e. The van der Waals surface area contributed by atoms with Crippen molar-refractivity contribution in [1.82, 2.24) is 0 Å². The molecule has 0 saturated carbocycles. The zero-order valence-corrected chi connectivity index (χ0v) is 54.0. The molecule has 3 atom stereocenters. The highest BCUT2D eigenvalue weighted by Crippen LogP contribution is 2.43. The average molecular weight is 1160 g/mol. The standard InChI is InChI=1S/C68H133O11P/c1-4-7-10-13-16-19-22-25-28-30-32-34-37-40-43-46-49-52-55-58-67(71)78-64(60-69)62-76-80(73,74)77-63-65(61-75-66(70)57-54-51-48-45-42-39-36-27-24-21-18-15-12-9-6-3)79-68(72)59-56-53-50-47-44-41-38-35-33-31-29-26-23-20-17-14-11-8-5-2/h64-65,69H,4-63H2,1-3H3,(H,73,74). The Balaban J connectivity index is 4.57. The molecule has 3 unspecified atom stereocenters. The van der Waals surface area contributed by atoms with Gasteiger partial charge in [0, 0.05) is 19.3 Å². The van der Waals surface area contributed by atoms with Crippen LogP contribution in [0.25, 0.3) is 0 Å². The summed E-state index contributed by atoms with van der Waals surface area (Å²) in [5, 5.41) is 9.88. The van der Waals surface area contributed by atoms with Crippen LogP contribution in [0.1, 0.15) is 380 Å². The van der Waals surface area contributed by atoms with E-state index in [1.165, 1.54) is 263 Å². The first-order valence-electron chi connectivity index (χ1n) is 34.9. The number of phosphoric ester groups is 1. The summed E-state index contributed by atoms with van der Waals surface area (Å²) in [5.41, 5.74) is 0. The summed E-state index contributed by atoms with van der Waals surface area (Å²) in [6.45, 7) is 4.78. The Morgan fingerprint density at radius 1 is 0.300 bits per heavy atom. The first-order chi connectivity index (χ1) is 39.2. The fourth-order valence-corrected chi connectivity index (χ4v) is 11.5. The highest BCUT2D eigenvalue weighted by molar-refractivity contribution is 7.47. The summed E-state index contributed by atoms with van der Waals surface area (Å²) >= 11 is 0.